The highest BCUT2D eigenvalue weighted by molar-refractivity contribution is 6.41. The van der Waals surface area contributed by atoms with Gasteiger partial charge in [0.05, 0.1) is 6.54 Å². The average Bonchev–Trinajstić information content (AvgIpc) is 2.48. The predicted octanol–water partition coefficient (Wildman–Crippen LogP) is -0.494. The molecule has 5 nitrogen and oxygen atoms in total. The quantitative estimate of drug-likeness (QED) is 0.487. The summed E-state index contributed by atoms with van der Waals surface area (Å²) in [5, 5.41) is 5.68. The zero-order valence-corrected chi connectivity index (χ0v) is 7.11. The van der Waals surface area contributed by atoms with Crippen LogP contribution >= 0.6 is 0 Å². The molecule has 0 radical (unpaired) electrons. The minimum absolute atomic E-state index is 0.0237. The Morgan fingerprint density at radius 2 is 2.25 bits per heavy atom. The Morgan fingerprint density at radius 3 is 3.00 bits per heavy atom. The van der Waals surface area contributed by atoms with E-state index in [1.807, 2.05) is 0 Å². The van der Waals surface area contributed by atoms with E-state index in [0.717, 1.165) is 0 Å². The van der Waals surface area contributed by atoms with Crippen molar-refractivity contribution >= 4 is 17.6 Å². The van der Waals surface area contributed by atoms with Crippen molar-refractivity contribution in [1.82, 2.24) is 9.91 Å². The number of hydrogen-bond acceptors (Lipinski definition) is 4. The van der Waals surface area contributed by atoms with E-state index >= 15 is 0 Å². The molecule has 0 saturated carbocycles. The molecule has 5 heteroatoms. The molecule has 2 rings (SSSR count). The van der Waals surface area contributed by atoms with E-state index < -0.39 is 0 Å². The van der Waals surface area contributed by atoms with Gasteiger partial charge in [0.2, 0.25) is 5.96 Å². The topological polar surface area (TPSA) is 48.3 Å². The van der Waals surface area contributed by atoms with Gasteiger partial charge in [0.1, 0.15) is 5.71 Å². The van der Waals surface area contributed by atoms with Gasteiger partial charge in [0.15, 0.2) is 0 Å². The van der Waals surface area contributed by atoms with Crippen LogP contribution in [0.5, 0.6) is 0 Å². The molecule has 0 bridgehead atoms. The zero-order valence-electron chi connectivity index (χ0n) is 7.11. The maximum absolute atomic E-state index is 11.4. The standard InChI is InChI=1S/C7H10N4O/c1-5-6(12)11-4-3-8-7(11)10(2)9-5/h3-4H2,1-2H3. The molecule has 0 spiro atoms. The van der Waals surface area contributed by atoms with E-state index in [2.05, 4.69) is 10.1 Å². The maximum atomic E-state index is 11.4. The Bertz CT molecular complexity index is 294. The van der Waals surface area contributed by atoms with E-state index in [-0.39, 0.29) is 5.91 Å². The van der Waals surface area contributed by atoms with E-state index in [1.165, 1.54) is 0 Å². The summed E-state index contributed by atoms with van der Waals surface area (Å²) >= 11 is 0. The first-order chi connectivity index (χ1) is 5.70. The van der Waals surface area contributed by atoms with Gasteiger partial charge in [-0.05, 0) is 6.92 Å². The van der Waals surface area contributed by atoms with Crippen LogP contribution in [0, 0.1) is 0 Å². The minimum atomic E-state index is -0.0237. The fourth-order valence-corrected chi connectivity index (χ4v) is 1.41. The van der Waals surface area contributed by atoms with Crippen LogP contribution in [-0.2, 0) is 4.79 Å². The molecule has 0 fully saturated rings. The second-order valence-electron chi connectivity index (χ2n) is 2.85. The molecule has 0 aliphatic carbocycles. The van der Waals surface area contributed by atoms with E-state index in [4.69, 9.17) is 0 Å². The van der Waals surface area contributed by atoms with Gasteiger partial charge in [-0.15, -0.1) is 0 Å². The Balaban J connectivity index is 2.40. The number of nitrogens with zero attached hydrogens (tertiary/aromatic N) is 4. The van der Waals surface area contributed by atoms with E-state index in [0.29, 0.717) is 24.8 Å². The van der Waals surface area contributed by atoms with Gasteiger partial charge in [-0.3, -0.25) is 9.69 Å². The Labute approximate surface area is 70.4 Å². The maximum Gasteiger partial charge on any atom is 0.276 e. The lowest BCUT2D eigenvalue weighted by Gasteiger charge is -2.27. The molecule has 2 heterocycles. The molecule has 1 amide bonds. The van der Waals surface area contributed by atoms with Gasteiger partial charge in [0, 0.05) is 13.6 Å². The van der Waals surface area contributed by atoms with Crippen LogP contribution in [0.25, 0.3) is 0 Å². The summed E-state index contributed by atoms with van der Waals surface area (Å²) in [4.78, 5) is 17.3. The lowest BCUT2D eigenvalue weighted by atomic mass is 10.3. The van der Waals surface area contributed by atoms with Crippen molar-refractivity contribution in [2.45, 2.75) is 6.92 Å². The smallest absolute Gasteiger partial charge is 0.274 e. The summed E-state index contributed by atoms with van der Waals surface area (Å²) in [6.07, 6.45) is 0. The van der Waals surface area contributed by atoms with Crippen LogP contribution in [0.2, 0.25) is 0 Å². The summed E-state index contributed by atoms with van der Waals surface area (Å²) in [7, 11) is 1.80. The molecule has 12 heavy (non-hydrogen) atoms. The Morgan fingerprint density at radius 1 is 1.50 bits per heavy atom. The van der Waals surface area contributed by atoms with Gasteiger partial charge in [-0.1, -0.05) is 0 Å². The largest absolute Gasteiger partial charge is 0.276 e. The molecule has 0 aromatic carbocycles. The zero-order chi connectivity index (χ0) is 8.72. The predicted molar refractivity (Wildman–Crippen MR) is 44.9 cm³/mol. The van der Waals surface area contributed by atoms with Gasteiger partial charge in [-0.2, -0.15) is 5.10 Å². The third kappa shape index (κ3) is 0.823. The van der Waals surface area contributed by atoms with E-state index in [9.17, 15) is 4.79 Å². The normalized spacial score (nSPS) is 22.3. The summed E-state index contributed by atoms with van der Waals surface area (Å²) in [5.41, 5.74) is 0.526. The van der Waals surface area contributed by atoms with Gasteiger partial charge >= 0.3 is 0 Å². The molecule has 0 atom stereocenters. The average molecular weight is 166 g/mol. The van der Waals surface area contributed by atoms with Crippen molar-refractivity contribution in [2.24, 2.45) is 10.1 Å². The van der Waals surface area contributed by atoms with Crippen LogP contribution in [0.4, 0.5) is 0 Å². The summed E-state index contributed by atoms with van der Waals surface area (Å²) < 4.78 is 0. The molecule has 0 aromatic heterocycles. The first kappa shape index (κ1) is 7.27. The molecule has 0 saturated heterocycles. The second-order valence-corrected chi connectivity index (χ2v) is 2.85. The molecule has 2 aliphatic rings. The van der Waals surface area contributed by atoms with Crippen LogP contribution < -0.4 is 0 Å². The van der Waals surface area contributed by atoms with Crippen molar-refractivity contribution in [3.8, 4) is 0 Å². The molecular formula is C7H10N4O. The number of carbonyl (C=O) groups excluding carboxylic acids is 1. The van der Waals surface area contributed by atoms with Crippen LogP contribution in [-0.4, -0.2) is 47.6 Å². The fraction of sp³-hybridized carbons (Fsp3) is 0.571. The fourth-order valence-electron chi connectivity index (χ4n) is 1.41. The SMILES string of the molecule is CC1=NN(C)C2=NCCN2C1=O. The van der Waals surface area contributed by atoms with Gasteiger partial charge in [-0.25, -0.2) is 10.0 Å². The van der Waals surface area contributed by atoms with Crippen LogP contribution in [0.1, 0.15) is 6.92 Å². The molecule has 0 N–H and O–H groups in total. The van der Waals surface area contributed by atoms with Crippen molar-refractivity contribution in [3.05, 3.63) is 0 Å². The summed E-state index contributed by atoms with van der Waals surface area (Å²) in [6.45, 7) is 3.09. The number of hydrogen-bond donors (Lipinski definition) is 0. The molecule has 2 aliphatic heterocycles. The first-order valence-corrected chi connectivity index (χ1v) is 3.85. The van der Waals surface area contributed by atoms with Crippen molar-refractivity contribution in [2.75, 3.05) is 20.1 Å². The number of amides is 1. The third-order valence-electron chi connectivity index (χ3n) is 1.96. The van der Waals surface area contributed by atoms with Crippen molar-refractivity contribution < 1.29 is 4.79 Å². The second kappa shape index (κ2) is 2.30. The van der Waals surface area contributed by atoms with E-state index in [1.54, 1.807) is 23.9 Å². The Hall–Kier alpha value is -1.39. The highest BCUT2D eigenvalue weighted by Crippen LogP contribution is 2.11. The van der Waals surface area contributed by atoms with Crippen molar-refractivity contribution in [3.63, 3.8) is 0 Å². The summed E-state index contributed by atoms with van der Waals surface area (Å²) in [5.74, 6) is 0.648. The van der Waals surface area contributed by atoms with Crippen LogP contribution in [0.3, 0.4) is 0 Å². The lowest BCUT2D eigenvalue weighted by molar-refractivity contribution is -0.121. The van der Waals surface area contributed by atoms with Crippen LogP contribution in [0.15, 0.2) is 10.1 Å². The molecule has 0 unspecified atom stereocenters. The summed E-state index contributed by atoms with van der Waals surface area (Å²) in [6, 6.07) is 0. The monoisotopic (exact) mass is 166 g/mol. The lowest BCUT2D eigenvalue weighted by Crippen LogP contribution is -2.48. The molecular weight excluding hydrogens is 156 g/mol. The number of fused-ring (bicyclic) bond motifs is 1. The molecule has 0 aromatic rings. The Kier molecular flexibility index (Phi) is 1.39. The minimum Gasteiger partial charge on any atom is -0.274 e. The van der Waals surface area contributed by atoms with Gasteiger partial charge in [0.25, 0.3) is 5.91 Å². The van der Waals surface area contributed by atoms with Gasteiger partial charge < -0.3 is 0 Å². The third-order valence-corrected chi connectivity index (χ3v) is 1.96. The number of rotatable bonds is 0. The highest BCUT2D eigenvalue weighted by atomic mass is 16.2. The highest BCUT2D eigenvalue weighted by Gasteiger charge is 2.31. The molecule has 64 valence electrons. The number of carbonyl (C=O) groups is 1. The number of guanidine groups is 1. The first-order valence-electron chi connectivity index (χ1n) is 3.85. The van der Waals surface area contributed by atoms with Crippen molar-refractivity contribution in [1.29, 1.82) is 0 Å². The number of aliphatic imine (C=N–C) groups is 1. The number of hydrazone groups is 1.